The van der Waals surface area contributed by atoms with Gasteiger partial charge in [0.15, 0.2) is 5.96 Å². The smallest absolute Gasteiger partial charge is 0.251 e. The van der Waals surface area contributed by atoms with Crippen LogP contribution in [-0.2, 0) is 0 Å². The number of piperazine rings is 1. The van der Waals surface area contributed by atoms with Gasteiger partial charge >= 0.3 is 0 Å². The summed E-state index contributed by atoms with van der Waals surface area (Å²) in [6.45, 7) is 4.70. The molecule has 0 unspecified atom stereocenters. The van der Waals surface area contributed by atoms with E-state index in [1.165, 1.54) is 0 Å². The lowest BCUT2D eigenvalue weighted by Crippen LogP contribution is -2.53. The third kappa shape index (κ3) is 6.84. The minimum absolute atomic E-state index is 0. The molecule has 7 nitrogen and oxygen atoms in total. The first-order valence-electron chi connectivity index (χ1n) is 9.33. The number of aliphatic imine (C=N–C) groups is 1. The van der Waals surface area contributed by atoms with Gasteiger partial charge in [0.2, 0.25) is 0 Å². The minimum atomic E-state index is -0.0814. The average molecular weight is 573 g/mol. The monoisotopic (exact) mass is 572 g/mol. The molecule has 0 saturated carbocycles. The van der Waals surface area contributed by atoms with E-state index in [-0.39, 0.29) is 29.9 Å². The van der Waals surface area contributed by atoms with Crippen LogP contribution < -0.4 is 15.5 Å². The highest BCUT2D eigenvalue weighted by Gasteiger charge is 2.20. The van der Waals surface area contributed by atoms with Crippen molar-refractivity contribution in [1.29, 1.82) is 0 Å². The summed E-state index contributed by atoms with van der Waals surface area (Å²) in [6, 6.07) is 13.3. The SMILES string of the molecule is CN=C(NCCNC(=O)c1cccc(Br)c1)N1CCN(c2ccccn2)CC1.I. The van der Waals surface area contributed by atoms with E-state index in [9.17, 15) is 4.79 Å². The van der Waals surface area contributed by atoms with E-state index in [4.69, 9.17) is 0 Å². The molecule has 156 valence electrons. The Morgan fingerprint density at radius 1 is 1.10 bits per heavy atom. The van der Waals surface area contributed by atoms with Crippen LogP contribution in [0, 0.1) is 0 Å². The second-order valence-electron chi connectivity index (χ2n) is 6.40. The Morgan fingerprint density at radius 3 is 2.52 bits per heavy atom. The number of carbonyl (C=O) groups excluding carboxylic acids is 1. The summed E-state index contributed by atoms with van der Waals surface area (Å²) in [5.41, 5.74) is 0.643. The maximum Gasteiger partial charge on any atom is 0.251 e. The first-order valence-corrected chi connectivity index (χ1v) is 10.1. The molecule has 1 fully saturated rings. The second-order valence-corrected chi connectivity index (χ2v) is 7.32. The van der Waals surface area contributed by atoms with Gasteiger partial charge in [0.05, 0.1) is 0 Å². The second kappa shape index (κ2) is 12.0. The van der Waals surface area contributed by atoms with E-state index in [1.807, 2.05) is 42.6 Å². The number of anilines is 1. The van der Waals surface area contributed by atoms with Crippen molar-refractivity contribution in [3.63, 3.8) is 0 Å². The van der Waals surface area contributed by atoms with Crippen LogP contribution in [0.5, 0.6) is 0 Å². The summed E-state index contributed by atoms with van der Waals surface area (Å²) < 4.78 is 0.892. The lowest BCUT2D eigenvalue weighted by Gasteiger charge is -2.37. The van der Waals surface area contributed by atoms with Crippen molar-refractivity contribution in [2.24, 2.45) is 4.99 Å². The van der Waals surface area contributed by atoms with E-state index in [1.54, 1.807) is 13.1 Å². The quantitative estimate of drug-likeness (QED) is 0.249. The molecule has 0 aliphatic carbocycles. The van der Waals surface area contributed by atoms with Crippen LogP contribution in [0.25, 0.3) is 0 Å². The maximum absolute atomic E-state index is 12.2. The third-order valence-corrected chi connectivity index (χ3v) is 5.04. The fraction of sp³-hybridized carbons (Fsp3) is 0.350. The Hall–Kier alpha value is -1.88. The van der Waals surface area contributed by atoms with Crippen molar-refractivity contribution < 1.29 is 4.79 Å². The van der Waals surface area contributed by atoms with Gasteiger partial charge in [-0.1, -0.05) is 28.1 Å². The summed E-state index contributed by atoms with van der Waals surface area (Å²) in [6.07, 6.45) is 1.82. The number of rotatable bonds is 5. The van der Waals surface area contributed by atoms with Gasteiger partial charge < -0.3 is 20.4 Å². The third-order valence-electron chi connectivity index (χ3n) is 4.54. The van der Waals surface area contributed by atoms with E-state index >= 15 is 0 Å². The molecule has 0 spiro atoms. The van der Waals surface area contributed by atoms with Gasteiger partial charge in [-0.05, 0) is 30.3 Å². The summed E-state index contributed by atoms with van der Waals surface area (Å²) in [7, 11) is 1.79. The summed E-state index contributed by atoms with van der Waals surface area (Å²) >= 11 is 3.38. The highest BCUT2D eigenvalue weighted by atomic mass is 127. The number of hydrogen-bond acceptors (Lipinski definition) is 4. The van der Waals surface area contributed by atoms with Crippen LogP contribution in [0.2, 0.25) is 0 Å². The molecule has 2 aromatic rings. The van der Waals surface area contributed by atoms with Gasteiger partial charge in [0.25, 0.3) is 5.91 Å². The van der Waals surface area contributed by atoms with Gasteiger partial charge in [-0.3, -0.25) is 9.79 Å². The number of carbonyl (C=O) groups is 1. The molecule has 2 heterocycles. The molecule has 1 aromatic carbocycles. The molecule has 1 aliphatic rings. The molecular formula is C20H26BrIN6O. The summed E-state index contributed by atoms with van der Waals surface area (Å²) in [5.74, 6) is 1.79. The van der Waals surface area contributed by atoms with Crippen LogP contribution in [-0.4, -0.2) is 68.1 Å². The van der Waals surface area contributed by atoms with Crippen molar-refractivity contribution in [3.8, 4) is 0 Å². The molecule has 9 heteroatoms. The largest absolute Gasteiger partial charge is 0.354 e. The van der Waals surface area contributed by atoms with Gasteiger partial charge in [0.1, 0.15) is 5.82 Å². The van der Waals surface area contributed by atoms with Crippen LogP contribution >= 0.6 is 39.9 Å². The number of pyridine rings is 1. The predicted molar refractivity (Wildman–Crippen MR) is 131 cm³/mol. The lowest BCUT2D eigenvalue weighted by molar-refractivity contribution is 0.0954. The number of nitrogens with one attached hydrogen (secondary N) is 2. The minimum Gasteiger partial charge on any atom is -0.354 e. The molecule has 2 N–H and O–H groups in total. The zero-order valence-electron chi connectivity index (χ0n) is 16.3. The summed E-state index contributed by atoms with van der Waals surface area (Å²) in [4.78, 5) is 25.5. The number of benzene rings is 1. The fourth-order valence-electron chi connectivity index (χ4n) is 3.10. The van der Waals surface area contributed by atoms with Crippen LogP contribution in [0.1, 0.15) is 10.4 Å². The molecule has 0 radical (unpaired) electrons. The first kappa shape index (κ1) is 23.4. The Kier molecular flexibility index (Phi) is 9.65. The molecule has 1 aromatic heterocycles. The summed E-state index contributed by atoms with van der Waals surface area (Å²) in [5, 5.41) is 6.25. The molecule has 0 bridgehead atoms. The van der Waals surface area contributed by atoms with Crippen LogP contribution in [0.15, 0.2) is 58.1 Å². The Balaban J connectivity index is 0.00000300. The normalized spacial score (nSPS) is 14.2. The standard InChI is InChI=1S/C20H25BrN6O.HI/c1-22-20(25-10-9-24-19(28)16-5-4-6-17(21)15-16)27-13-11-26(12-14-27)18-7-2-3-8-23-18;/h2-8,15H,9-14H2,1H3,(H,22,25)(H,24,28);1H. The van der Waals surface area contributed by atoms with Crippen molar-refractivity contribution in [3.05, 3.63) is 58.7 Å². The number of nitrogens with zero attached hydrogens (tertiary/aromatic N) is 4. The van der Waals surface area contributed by atoms with E-state index in [0.29, 0.717) is 18.7 Å². The fourth-order valence-corrected chi connectivity index (χ4v) is 3.50. The van der Waals surface area contributed by atoms with E-state index in [0.717, 1.165) is 42.4 Å². The Morgan fingerprint density at radius 2 is 1.86 bits per heavy atom. The van der Waals surface area contributed by atoms with Crippen molar-refractivity contribution in [2.75, 3.05) is 51.2 Å². The van der Waals surface area contributed by atoms with Crippen LogP contribution in [0.4, 0.5) is 5.82 Å². The van der Waals surface area contributed by atoms with Crippen molar-refractivity contribution >= 4 is 57.6 Å². The Labute approximate surface area is 197 Å². The average Bonchev–Trinajstić information content (AvgIpc) is 2.74. The van der Waals surface area contributed by atoms with Crippen molar-refractivity contribution in [2.45, 2.75) is 0 Å². The lowest BCUT2D eigenvalue weighted by atomic mass is 10.2. The Bertz CT molecular complexity index is 812. The highest BCUT2D eigenvalue weighted by Crippen LogP contribution is 2.13. The molecule has 1 saturated heterocycles. The molecular weight excluding hydrogens is 547 g/mol. The van der Waals surface area contributed by atoms with Crippen LogP contribution in [0.3, 0.4) is 0 Å². The zero-order chi connectivity index (χ0) is 19.8. The number of halogens is 2. The van der Waals surface area contributed by atoms with Gasteiger partial charge in [-0.15, -0.1) is 24.0 Å². The molecule has 1 aliphatic heterocycles. The topological polar surface area (TPSA) is 72.9 Å². The van der Waals surface area contributed by atoms with E-state index in [2.05, 4.69) is 46.3 Å². The molecule has 29 heavy (non-hydrogen) atoms. The first-order chi connectivity index (χ1) is 13.7. The number of guanidine groups is 1. The van der Waals surface area contributed by atoms with Gasteiger partial charge in [-0.25, -0.2) is 4.98 Å². The molecule has 0 atom stereocenters. The maximum atomic E-state index is 12.2. The van der Waals surface area contributed by atoms with Crippen molar-refractivity contribution in [1.82, 2.24) is 20.5 Å². The molecule has 1 amide bonds. The molecule has 3 rings (SSSR count). The number of aromatic nitrogens is 1. The number of hydrogen-bond donors (Lipinski definition) is 2. The zero-order valence-corrected chi connectivity index (χ0v) is 20.3. The van der Waals surface area contributed by atoms with E-state index < -0.39 is 0 Å². The highest BCUT2D eigenvalue weighted by molar-refractivity contribution is 14.0. The van der Waals surface area contributed by atoms with Gasteiger partial charge in [0, 0.05) is 62.5 Å². The number of amides is 1. The van der Waals surface area contributed by atoms with Gasteiger partial charge in [-0.2, -0.15) is 0 Å². The predicted octanol–water partition coefficient (Wildman–Crippen LogP) is 2.59.